The highest BCUT2D eigenvalue weighted by atomic mass is 19.4. The summed E-state index contributed by atoms with van der Waals surface area (Å²) in [6.07, 6.45) is 11.8. The van der Waals surface area contributed by atoms with Crippen molar-refractivity contribution in [1.82, 2.24) is 0 Å². The molecular weight excluding hydrogens is 417 g/mol. The molecule has 0 aliphatic heterocycles. The molecule has 0 spiro atoms. The van der Waals surface area contributed by atoms with Gasteiger partial charge in [0.2, 0.25) is 0 Å². The number of fused-ring (bicyclic) bond motifs is 5. The average molecular weight is 469 g/mol. The van der Waals surface area contributed by atoms with Gasteiger partial charge in [-0.15, -0.1) is 0 Å². The standard InChI is InChI=1S/C30H51F3/c1-20-14-17-28(5)22(19-20)10-11-23-25-13-12-24(29(25,6)18-15-26(23)28)21(2)9-7-8-16-27(3,4)30(31,32)33/h20-26H,7-19H2,1-6H3/t20-,21-,22-,23+,24-,25+,26+,28+,29-/m1/s1. The van der Waals surface area contributed by atoms with Gasteiger partial charge in [0.25, 0.3) is 0 Å². The van der Waals surface area contributed by atoms with Gasteiger partial charge in [-0.1, -0.05) is 67.2 Å². The molecule has 4 rings (SSSR count). The van der Waals surface area contributed by atoms with E-state index in [4.69, 9.17) is 0 Å². The fraction of sp³-hybridized carbons (Fsp3) is 1.00. The van der Waals surface area contributed by atoms with Crippen LogP contribution in [0.2, 0.25) is 0 Å². The second-order valence-electron chi connectivity index (χ2n) is 14.4. The van der Waals surface area contributed by atoms with E-state index in [1.165, 1.54) is 71.6 Å². The maximum atomic E-state index is 13.2. The van der Waals surface area contributed by atoms with Gasteiger partial charge in [-0.05, 0) is 110 Å². The third kappa shape index (κ3) is 4.54. The first-order valence-electron chi connectivity index (χ1n) is 14.4. The zero-order valence-electron chi connectivity index (χ0n) is 22.4. The maximum absolute atomic E-state index is 13.2. The van der Waals surface area contributed by atoms with Crippen molar-refractivity contribution in [1.29, 1.82) is 0 Å². The Morgan fingerprint density at radius 1 is 0.848 bits per heavy atom. The smallest absolute Gasteiger partial charge is 0.171 e. The largest absolute Gasteiger partial charge is 0.393 e. The lowest BCUT2D eigenvalue weighted by Gasteiger charge is -2.61. The van der Waals surface area contributed by atoms with Crippen molar-refractivity contribution in [3.05, 3.63) is 0 Å². The molecule has 0 unspecified atom stereocenters. The third-order valence-corrected chi connectivity index (χ3v) is 12.2. The van der Waals surface area contributed by atoms with Crippen LogP contribution in [0.3, 0.4) is 0 Å². The summed E-state index contributed by atoms with van der Waals surface area (Å²) >= 11 is 0. The van der Waals surface area contributed by atoms with E-state index in [0.29, 0.717) is 23.2 Å². The predicted octanol–water partition coefficient (Wildman–Crippen LogP) is 10.1. The minimum Gasteiger partial charge on any atom is -0.171 e. The van der Waals surface area contributed by atoms with Gasteiger partial charge in [-0.2, -0.15) is 13.2 Å². The molecule has 4 fully saturated rings. The zero-order valence-corrected chi connectivity index (χ0v) is 22.4. The summed E-state index contributed by atoms with van der Waals surface area (Å²) in [5, 5.41) is 0. The van der Waals surface area contributed by atoms with Crippen LogP contribution in [0, 0.1) is 57.7 Å². The Bertz CT molecular complexity index is 681. The van der Waals surface area contributed by atoms with Crippen LogP contribution in [0.5, 0.6) is 0 Å². The third-order valence-electron chi connectivity index (χ3n) is 12.2. The van der Waals surface area contributed by atoms with Gasteiger partial charge >= 0.3 is 6.18 Å². The minimum absolute atomic E-state index is 0.260. The van der Waals surface area contributed by atoms with Crippen LogP contribution in [0.1, 0.15) is 125 Å². The molecule has 4 aliphatic rings. The van der Waals surface area contributed by atoms with Crippen LogP contribution < -0.4 is 0 Å². The Morgan fingerprint density at radius 2 is 1.52 bits per heavy atom. The van der Waals surface area contributed by atoms with Gasteiger partial charge in [0.15, 0.2) is 0 Å². The molecule has 0 saturated heterocycles. The molecule has 4 saturated carbocycles. The number of unbranched alkanes of at least 4 members (excludes halogenated alkanes) is 1. The lowest BCUT2D eigenvalue weighted by atomic mass is 9.44. The van der Waals surface area contributed by atoms with Crippen molar-refractivity contribution in [2.45, 2.75) is 131 Å². The molecule has 0 bridgehead atoms. The first kappa shape index (κ1) is 25.9. The van der Waals surface area contributed by atoms with E-state index in [-0.39, 0.29) is 6.42 Å². The van der Waals surface area contributed by atoms with Crippen molar-refractivity contribution < 1.29 is 13.2 Å². The lowest BCUT2D eigenvalue weighted by Crippen LogP contribution is -2.53. The number of hydrogen-bond donors (Lipinski definition) is 0. The molecule has 0 aromatic carbocycles. The van der Waals surface area contributed by atoms with E-state index >= 15 is 0 Å². The first-order chi connectivity index (χ1) is 15.3. The minimum atomic E-state index is -4.09. The highest BCUT2D eigenvalue weighted by Gasteiger charge is 2.60. The molecule has 0 N–H and O–H groups in total. The maximum Gasteiger partial charge on any atom is 0.393 e. The lowest BCUT2D eigenvalue weighted by molar-refractivity contribution is -0.214. The summed E-state index contributed by atoms with van der Waals surface area (Å²) in [6.45, 7) is 12.9. The summed E-state index contributed by atoms with van der Waals surface area (Å²) in [5.41, 5.74) is -0.492. The fourth-order valence-corrected chi connectivity index (χ4v) is 9.82. The monoisotopic (exact) mass is 468 g/mol. The van der Waals surface area contributed by atoms with Gasteiger partial charge < -0.3 is 0 Å². The molecule has 9 atom stereocenters. The topological polar surface area (TPSA) is 0 Å². The Morgan fingerprint density at radius 3 is 2.21 bits per heavy atom. The highest BCUT2D eigenvalue weighted by Crippen LogP contribution is 2.68. The summed E-state index contributed by atoms with van der Waals surface area (Å²) in [5.74, 6) is 6.08. The Kier molecular flexibility index (Phi) is 7.07. The Hall–Kier alpha value is -0.210. The SMILES string of the molecule is C[C@@H]1CC[C@@]2(C)[C@H](CC[C@@H]3[C@@H]2CC[C@]2(C)[C@@H]([C@H](C)CCCCC(C)(C)C(F)(F)F)CC[C@@H]32)C1. The average Bonchev–Trinajstić information content (AvgIpc) is 3.08. The number of hydrogen-bond acceptors (Lipinski definition) is 0. The van der Waals surface area contributed by atoms with Crippen LogP contribution in [0.4, 0.5) is 13.2 Å². The van der Waals surface area contributed by atoms with Crippen molar-refractivity contribution >= 4 is 0 Å². The molecule has 4 aliphatic carbocycles. The van der Waals surface area contributed by atoms with E-state index in [1.54, 1.807) is 0 Å². The molecule has 0 amide bonds. The zero-order chi connectivity index (χ0) is 24.2. The summed E-state index contributed by atoms with van der Waals surface area (Å²) in [7, 11) is 0. The molecule has 192 valence electrons. The number of rotatable bonds is 6. The fourth-order valence-electron chi connectivity index (χ4n) is 9.82. The van der Waals surface area contributed by atoms with E-state index in [2.05, 4.69) is 27.7 Å². The van der Waals surface area contributed by atoms with Crippen molar-refractivity contribution in [3.8, 4) is 0 Å². The van der Waals surface area contributed by atoms with Crippen LogP contribution in [0.25, 0.3) is 0 Å². The Labute approximate surface area is 202 Å². The second kappa shape index (κ2) is 9.02. The van der Waals surface area contributed by atoms with Crippen LogP contribution in [0.15, 0.2) is 0 Å². The predicted molar refractivity (Wildman–Crippen MR) is 132 cm³/mol. The van der Waals surface area contributed by atoms with E-state index in [9.17, 15) is 13.2 Å². The van der Waals surface area contributed by atoms with Crippen LogP contribution in [-0.4, -0.2) is 6.18 Å². The highest BCUT2D eigenvalue weighted by molar-refractivity contribution is 5.09. The summed E-state index contributed by atoms with van der Waals surface area (Å²) in [6, 6.07) is 0. The van der Waals surface area contributed by atoms with Crippen LogP contribution >= 0.6 is 0 Å². The van der Waals surface area contributed by atoms with Gasteiger partial charge in [0.05, 0.1) is 5.41 Å². The van der Waals surface area contributed by atoms with E-state index in [0.717, 1.165) is 48.3 Å². The second-order valence-corrected chi connectivity index (χ2v) is 14.4. The molecule has 0 aromatic rings. The van der Waals surface area contributed by atoms with Gasteiger partial charge in [-0.3, -0.25) is 0 Å². The van der Waals surface area contributed by atoms with Crippen molar-refractivity contribution in [2.75, 3.05) is 0 Å². The van der Waals surface area contributed by atoms with E-state index < -0.39 is 11.6 Å². The van der Waals surface area contributed by atoms with Crippen molar-refractivity contribution in [2.24, 2.45) is 57.7 Å². The normalized spacial score (nSPS) is 44.6. The van der Waals surface area contributed by atoms with Crippen LogP contribution in [-0.2, 0) is 0 Å². The number of alkyl halides is 3. The Balaban J connectivity index is 1.36. The molecule has 3 heteroatoms. The van der Waals surface area contributed by atoms with E-state index in [1.807, 2.05) is 0 Å². The van der Waals surface area contributed by atoms with Gasteiger partial charge in [-0.25, -0.2) is 0 Å². The quantitative estimate of drug-likeness (QED) is 0.340. The summed E-state index contributed by atoms with van der Waals surface area (Å²) < 4.78 is 39.6. The molecule has 0 radical (unpaired) electrons. The van der Waals surface area contributed by atoms with Crippen molar-refractivity contribution in [3.63, 3.8) is 0 Å². The molecule has 0 heterocycles. The molecule has 0 aromatic heterocycles. The van der Waals surface area contributed by atoms with Gasteiger partial charge in [0.1, 0.15) is 0 Å². The first-order valence-corrected chi connectivity index (χ1v) is 14.4. The van der Waals surface area contributed by atoms with Gasteiger partial charge in [0, 0.05) is 0 Å². The number of halogens is 3. The molecule has 33 heavy (non-hydrogen) atoms. The molecule has 0 nitrogen and oxygen atoms in total. The summed E-state index contributed by atoms with van der Waals surface area (Å²) in [4.78, 5) is 0. The molecular formula is C30H51F3.